The fraction of sp³-hybridized carbons (Fsp3) is 0.471. The molecule has 48 heavy (non-hydrogen) atoms. The van der Waals surface area contributed by atoms with Crippen LogP contribution in [0, 0.1) is 23.3 Å². The Kier molecular flexibility index (Phi) is 12.2. The van der Waals surface area contributed by atoms with Crippen LogP contribution < -0.4 is 10.9 Å². The van der Waals surface area contributed by atoms with Gasteiger partial charge in [0.05, 0.1) is 28.9 Å². The van der Waals surface area contributed by atoms with Gasteiger partial charge in [-0.2, -0.15) is 10.2 Å². The fourth-order valence-electron chi connectivity index (χ4n) is 4.57. The average molecular weight is 672 g/mol. The maximum absolute atomic E-state index is 13.7. The summed E-state index contributed by atoms with van der Waals surface area (Å²) in [4.78, 5) is 0. The van der Waals surface area contributed by atoms with E-state index >= 15 is 0 Å². The number of nitrogens with one attached hydrogen (secondary N) is 1. The summed E-state index contributed by atoms with van der Waals surface area (Å²) >= 11 is 0. The Morgan fingerprint density at radius 1 is 0.688 bits per heavy atom. The quantitative estimate of drug-likeness (QED) is 0.196. The molecule has 0 unspecified atom stereocenters. The van der Waals surface area contributed by atoms with Gasteiger partial charge in [0.15, 0.2) is 0 Å². The molecule has 2 aliphatic rings. The molecule has 2 fully saturated rings. The Morgan fingerprint density at radius 3 is 1.56 bits per heavy atom. The number of nitrogens with zero attached hydrogens (tertiary/aromatic N) is 3. The number of benzene rings is 2. The van der Waals surface area contributed by atoms with Crippen LogP contribution in [-0.2, 0) is 31.6 Å². The first-order valence-electron chi connectivity index (χ1n) is 15.4. The molecule has 4 aromatic rings. The van der Waals surface area contributed by atoms with Crippen LogP contribution in [0.4, 0.5) is 17.6 Å². The second-order valence-corrected chi connectivity index (χ2v) is 13.5. The van der Waals surface area contributed by atoms with Gasteiger partial charge in [0, 0.05) is 53.4 Å². The van der Waals surface area contributed by atoms with Crippen LogP contribution in [0.25, 0.3) is 0 Å². The van der Waals surface area contributed by atoms with E-state index in [0.717, 1.165) is 23.1 Å². The molecule has 0 atom stereocenters. The summed E-state index contributed by atoms with van der Waals surface area (Å²) in [7, 11) is -0.814. The summed E-state index contributed by atoms with van der Waals surface area (Å²) in [5, 5.41) is 10.8. The lowest BCUT2D eigenvalue weighted by molar-refractivity contribution is 0.00578. The largest absolute Gasteiger partial charge is 0.498 e. The molecule has 4 heterocycles. The first-order chi connectivity index (χ1) is 21.8. The number of aryl methyl sites for hydroxylation is 1. The predicted molar refractivity (Wildman–Crippen MR) is 180 cm³/mol. The van der Waals surface area contributed by atoms with Crippen molar-refractivity contribution in [3.63, 3.8) is 0 Å². The average Bonchev–Trinajstić information content (AvgIpc) is 3.74. The molecule has 14 heteroatoms. The normalized spacial score (nSPS) is 18.4. The van der Waals surface area contributed by atoms with Gasteiger partial charge in [-0.25, -0.2) is 17.6 Å². The van der Waals surface area contributed by atoms with Crippen molar-refractivity contribution in [1.82, 2.24) is 20.0 Å². The van der Waals surface area contributed by atoms with Gasteiger partial charge in [-0.3, -0.25) is 9.78 Å². The van der Waals surface area contributed by atoms with E-state index in [1.807, 2.05) is 62.3 Å². The highest BCUT2D eigenvalue weighted by Gasteiger charge is 2.53. The van der Waals surface area contributed by atoms with Gasteiger partial charge in [0.1, 0.15) is 23.3 Å². The topological polar surface area (TPSA) is 83.4 Å². The van der Waals surface area contributed by atoms with Gasteiger partial charge >= 0.3 is 14.2 Å². The highest BCUT2D eigenvalue weighted by Crippen LogP contribution is 2.37. The van der Waals surface area contributed by atoms with Crippen molar-refractivity contribution in [2.24, 2.45) is 0 Å². The highest BCUT2D eigenvalue weighted by molar-refractivity contribution is 6.62. The van der Waals surface area contributed by atoms with Crippen molar-refractivity contribution in [1.29, 1.82) is 0 Å². The van der Waals surface area contributed by atoms with Gasteiger partial charge in [-0.15, -0.1) is 0 Å². The first kappa shape index (κ1) is 39.0. The molecule has 0 spiro atoms. The molecule has 6 rings (SSSR count). The summed E-state index contributed by atoms with van der Waals surface area (Å²) in [6.07, 6.45) is 7.52. The SMILES string of the molecule is C.CC1(C)OB(c2cn[nH]c2)OC1(C)C.CC1(C)OB(c2cnn(Cc3ccc(F)cc3F)c2)OC1(C)C.CCc1ccc(F)cc1F. The number of rotatable bonds is 5. The van der Waals surface area contributed by atoms with Crippen LogP contribution in [-0.4, -0.2) is 56.6 Å². The maximum Gasteiger partial charge on any atom is 0.498 e. The van der Waals surface area contributed by atoms with Gasteiger partial charge in [0.2, 0.25) is 0 Å². The van der Waals surface area contributed by atoms with E-state index in [-0.39, 0.29) is 32.3 Å². The van der Waals surface area contributed by atoms with Crippen LogP contribution in [0.1, 0.15) is 80.9 Å². The lowest BCUT2D eigenvalue weighted by Gasteiger charge is -2.32. The van der Waals surface area contributed by atoms with Crippen LogP contribution in [0.3, 0.4) is 0 Å². The number of aromatic nitrogens is 4. The fourth-order valence-corrected chi connectivity index (χ4v) is 4.57. The second-order valence-electron chi connectivity index (χ2n) is 13.5. The zero-order valence-corrected chi connectivity index (χ0v) is 28.3. The van der Waals surface area contributed by atoms with Crippen molar-refractivity contribution in [2.75, 3.05) is 0 Å². The van der Waals surface area contributed by atoms with Gasteiger partial charge in [0.25, 0.3) is 0 Å². The van der Waals surface area contributed by atoms with E-state index in [4.69, 9.17) is 18.6 Å². The summed E-state index contributed by atoms with van der Waals surface area (Å²) < 4.78 is 76.7. The highest BCUT2D eigenvalue weighted by atomic mass is 19.1. The smallest absolute Gasteiger partial charge is 0.399 e. The van der Waals surface area contributed by atoms with E-state index in [1.165, 1.54) is 24.3 Å². The molecule has 0 radical (unpaired) electrons. The van der Waals surface area contributed by atoms with Crippen LogP contribution in [0.15, 0.2) is 61.2 Å². The standard InChI is InChI=1S/C16H19BF2N2O2.C9H15BN2O2.C8H8F2.CH4/c1-15(2)16(3,4)23-17(22-15)12-8-20-21(10-12)9-11-5-6-13(18)7-14(11)19;1-8(2)9(3,4)14-10(13-8)7-5-11-12-6-7;1-2-6-3-4-7(9)5-8(6)10;/h5-8,10H,9H2,1-4H3;5-6H,1-4H3,(H,11,12);3-5H,2H2,1H3;1H4. The van der Waals surface area contributed by atoms with Gasteiger partial charge in [-0.1, -0.05) is 26.5 Å². The van der Waals surface area contributed by atoms with Crippen molar-refractivity contribution in [3.05, 3.63) is 95.6 Å². The monoisotopic (exact) mass is 672 g/mol. The zero-order valence-electron chi connectivity index (χ0n) is 28.3. The molecule has 2 aromatic heterocycles. The molecular weight excluding hydrogens is 626 g/mol. The predicted octanol–water partition coefficient (Wildman–Crippen LogP) is 6.38. The summed E-state index contributed by atoms with van der Waals surface area (Å²) in [6.45, 7) is 18.1. The molecule has 260 valence electrons. The Balaban J connectivity index is 0.000000213. The van der Waals surface area contributed by atoms with Crippen LogP contribution in [0.5, 0.6) is 0 Å². The Bertz CT molecular complexity index is 1620. The second kappa shape index (κ2) is 15.0. The van der Waals surface area contributed by atoms with Gasteiger partial charge in [-0.05, 0) is 79.5 Å². The number of hydrogen-bond donors (Lipinski definition) is 1. The Hall–Kier alpha value is -3.45. The number of H-pyrrole nitrogens is 1. The molecule has 1 N–H and O–H groups in total. The molecule has 2 aromatic carbocycles. The summed E-state index contributed by atoms with van der Waals surface area (Å²) in [5.74, 6) is -2.15. The zero-order chi connectivity index (χ0) is 34.8. The number of hydrogen-bond acceptors (Lipinski definition) is 6. The minimum atomic E-state index is -0.593. The molecular formula is C34H46B2F4N4O4. The van der Waals surface area contributed by atoms with Crippen molar-refractivity contribution < 1.29 is 36.2 Å². The van der Waals surface area contributed by atoms with Crippen molar-refractivity contribution >= 4 is 25.2 Å². The minimum Gasteiger partial charge on any atom is -0.399 e. The van der Waals surface area contributed by atoms with Crippen molar-refractivity contribution in [2.45, 2.75) is 105 Å². The maximum atomic E-state index is 13.7. The molecule has 8 nitrogen and oxygen atoms in total. The van der Waals surface area contributed by atoms with Crippen LogP contribution >= 0.6 is 0 Å². The minimum absolute atomic E-state index is 0. The number of halogens is 4. The van der Waals surface area contributed by atoms with E-state index in [9.17, 15) is 17.6 Å². The third-order valence-corrected chi connectivity index (χ3v) is 8.97. The van der Waals surface area contributed by atoms with E-state index in [2.05, 4.69) is 15.3 Å². The lowest BCUT2D eigenvalue weighted by Crippen LogP contribution is -2.41. The first-order valence-corrected chi connectivity index (χ1v) is 15.4. The Labute approximate surface area is 281 Å². The third kappa shape index (κ3) is 8.96. The van der Waals surface area contributed by atoms with E-state index in [0.29, 0.717) is 17.5 Å². The van der Waals surface area contributed by atoms with Crippen molar-refractivity contribution in [3.8, 4) is 0 Å². The summed E-state index contributed by atoms with van der Waals surface area (Å²) in [6, 6.07) is 7.15. The third-order valence-electron chi connectivity index (χ3n) is 8.97. The lowest BCUT2D eigenvalue weighted by atomic mass is 9.82. The molecule has 0 aliphatic carbocycles. The summed E-state index contributed by atoms with van der Waals surface area (Å²) in [5.41, 5.74) is 1.21. The van der Waals surface area contributed by atoms with Gasteiger partial charge < -0.3 is 18.6 Å². The molecule has 2 saturated heterocycles. The molecule has 0 bridgehead atoms. The molecule has 2 aliphatic heterocycles. The molecule has 0 amide bonds. The Morgan fingerprint density at radius 2 is 1.15 bits per heavy atom. The van der Waals surface area contributed by atoms with E-state index in [1.54, 1.807) is 29.5 Å². The molecule has 0 saturated carbocycles. The number of aromatic amines is 1. The van der Waals surface area contributed by atoms with E-state index < -0.39 is 41.6 Å². The van der Waals surface area contributed by atoms with Crippen LogP contribution in [0.2, 0.25) is 0 Å².